The van der Waals surface area contributed by atoms with E-state index in [0.717, 1.165) is 18.2 Å². The number of hydrogen-bond acceptors (Lipinski definition) is 6. The summed E-state index contributed by atoms with van der Waals surface area (Å²) in [5, 5.41) is 0.277. The van der Waals surface area contributed by atoms with Crippen molar-refractivity contribution in [3.8, 4) is 0 Å². The number of aromatic nitrogens is 1. The Morgan fingerprint density at radius 1 is 0.846 bits per heavy atom. The van der Waals surface area contributed by atoms with Gasteiger partial charge in [-0.1, -0.05) is 36.4 Å². The van der Waals surface area contributed by atoms with E-state index in [0.29, 0.717) is 0 Å². The zero-order chi connectivity index (χ0) is 18.9. The third-order valence-electron chi connectivity index (χ3n) is 3.88. The second-order valence-corrected chi connectivity index (χ2v) is 7.09. The standard InChI is InChI=1S/C18H15NO6S/c1-24-17(20)15-13-10-6-7-11-14(13)19(16(15)18(21)25-2)26(22,23)12-8-4-3-5-9-12/h3-11H,1-2H3. The predicted molar refractivity (Wildman–Crippen MR) is 93.6 cm³/mol. The molecule has 0 saturated heterocycles. The molecular formula is C18H15NO6S. The molecule has 0 spiro atoms. The van der Waals surface area contributed by atoms with Crippen molar-refractivity contribution < 1.29 is 27.5 Å². The molecule has 0 radical (unpaired) electrons. The number of benzene rings is 2. The highest BCUT2D eigenvalue weighted by Crippen LogP contribution is 2.31. The molecule has 2 aromatic carbocycles. The third kappa shape index (κ3) is 2.64. The molecule has 3 rings (SSSR count). The normalized spacial score (nSPS) is 11.3. The van der Waals surface area contributed by atoms with E-state index < -0.39 is 27.7 Å². The molecule has 0 saturated carbocycles. The molecule has 0 unspecified atom stereocenters. The van der Waals surface area contributed by atoms with Crippen molar-refractivity contribution in [2.24, 2.45) is 0 Å². The zero-order valence-corrected chi connectivity index (χ0v) is 14.8. The number of carbonyl (C=O) groups excluding carboxylic acids is 2. The molecule has 0 bridgehead atoms. The second-order valence-electron chi connectivity index (χ2n) is 5.31. The maximum absolute atomic E-state index is 13.2. The Labute approximate surface area is 149 Å². The van der Waals surface area contributed by atoms with Crippen LogP contribution in [0.1, 0.15) is 20.8 Å². The van der Waals surface area contributed by atoms with E-state index in [9.17, 15) is 18.0 Å². The molecule has 0 aliphatic heterocycles. The summed E-state index contributed by atoms with van der Waals surface area (Å²) in [6.45, 7) is 0. The number of rotatable bonds is 4. The van der Waals surface area contributed by atoms with Crippen molar-refractivity contribution in [3.63, 3.8) is 0 Å². The molecule has 0 fully saturated rings. The Morgan fingerprint density at radius 2 is 1.42 bits per heavy atom. The van der Waals surface area contributed by atoms with Crippen molar-refractivity contribution in [3.05, 3.63) is 65.9 Å². The van der Waals surface area contributed by atoms with Gasteiger partial charge in [0.1, 0.15) is 5.56 Å². The van der Waals surface area contributed by atoms with Crippen LogP contribution in [-0.2, 0) is 19.5 Å². The largest absolute Gasteiger partial charge is 0.465 e. The molecule has 0 atom stereocenters. The molecular weight excluding hydrogens is 358 g/mol. The van der Waals surface area contributed by atoms with Crippen LogP contribution >= 0.6 is 0 Å². The van der Waals surface area contributed by atoms with Crippen molar-refractivity contribution in [1.82, 2.24) is 3.97 Å². The highest BCUT2D eigenvalue weighted by Gasteiger charge is 2.34. The van der Waals surface area contributed by atoms with Crippen LogP contribution in [0.2, 0.25) is 0 Å². The highest BCUT2D eigenvalue weighted by atomic mass is 32.2. The summed E-state index contributed by atoms with van der Waals surface area (Å²) in [5.41, 5.74) is -0.379. The van der Waals surface area contributed by atoms with Gasteiger partial charge in [0.2, 0.25) is 0 Å². The Hall–Kier alpha value is -3.13. The lowest BCUT2D eigenvalue weighted by Gasteiger charge is -2.11. The van der Waals surface area contributed by atoms with E-state index in [-0.39, 0.29) is 21.4 Å². The fourth-order valence-corrected chi connectivity index (χ4v) is 4.29. The molecule has 0 amide bonds. The second kappa shape index (κ2) is 6.64. The van der Waals surface area contributed by atoms with Crippen LogP contribution in [-0.4, -0.2) is 38.5 Å². The maximum atomic E-state index is 13.2. The molecule has 26 heavy (non-hydrogen) atoms. The van der Waals surface area contributed by atoms with Gasteiger partial charge in [-0.25, -0.2) is 22.0 Å². The first kappa shape index (κ1) is 17.7. The van der Waals surface area contributed by atoms with Gasteiger partial charge < -0.3 is 9.47 Å². The minimum Gasteiger partial charge on any atom is -0.465 e. The molecule has 0 N–H and O–H groups in total. The van der Waals surface area contributed by atoms with Gasteiger partial charge in [-0.2, -0.15) is 0 Å². The zero-order valence-electron chi connectivity index (χ0n) is 14.0. The van der Waals surface area contributed by atoms with Crippen LogP contribution < -0.4 is 0 Å². The number of hydrogen-bond donors (Lipinski definition) is 0. The molecule has 3 aromatic rings. The Balaban J connectivity index is 2.49. The first-order valence-electron chi connectivity index (χ1n) is 7.54. The van der Waals surface area contributed by atoms with E-state index in [1.807, 2.05) is 0 Å². The van der Waals surface area contributed by atoms with Crippen molar-refractivity contribution in [2.75, 3.05) is 14.2 Å². The van der Waals surface area contributed by atoms with E-state index in [2.05, 4.69) is 0 Å². The Kier molecular flexibility index (Phi) is 4.52. The summed E-state index contributed by atoms with van der Waals surface area (Å²) >= 11 is 0. The topological polar surface area (TPSA) is 91.7 Å². The van der Waals surface area contributed by atoms with Crippen molar-refractivity contribution >= 4 is 32.9 Å². The summed E-state index contributed by atoms with van der Waals surface area (Å²) in [7, 11) is -1.90. The van der Waals surface area contributed by atoms with E-state index in [4.69, 9.17) is 9.47 Å². The van der Waals surface area contributed by atoms with Crippen molar-refractivity contribution in [2.45, 2.75) is 4.90 Å². The predicted octanol–water partition coefficient (Wildman–Crippen LogP) is 2.45. The summed E-state index contributed by atoms with van der Waals surface area (Å²) in [5.74, 6) is -1.79. The minimum atomic E-state index is -4.16. The molecule has 0 aliphatic carbocycles. The lowest BCUT2D eigenvalue weighted by atomic mass is 10.1. The average molecular weight is 373 g/mol. The number of nitrogens with zero attached hydrogens (tertiary/aromatic N) is 1. The van der Waals surface area contributed by atoms with Gasteiger partial charge in [-0.05, 0) is 18.2 Å². The summed E-state index contributed by atoms with van der Waals surface area (Å²) in [6, 6.07) is 13.9. The summed E-state index contributed by atoms with van der Waals surface area (Å²) < 4.78 is 36.8. The lowest BCUT2D eigenvalue weighted by Crippen LogP contribution is -2.21. The van der Waals surface area contributed by atoms with Crippen LogP contribution in [0.3, 0.4) is 0 Å². The molecule has 134 valence electrons. The maximum Gasteiger partial charge on any atom is 0.356 e. The fourth-order valence-electron chi connectivity index (χ4n) is 2.75. The first-order chi connectivity index (χ1) is 12.4. The monoisotopic (exact) mass is 373 g/mol. The first-order valence-corrected chi connectivity index (χ1v) is 8.98. The fraction of sp³-hybridized carbons (Fsp3) is 0.111. The van der Waals surface area contributed by atoms with Gasteiger partial charge in [-0.15, -0.1) is 0 Å². The third-order valence-corrected chi connectivity index (χ3v) is 5.61. The van der Waals surface area contributed by atoms with Crippen molar-refractivity contribution in [1.29, 1.82) is 0 Å². The van der Waals surface area contributed by atoms with Gasteiger partial charge in [0.15, 0.2) is 5.69 Å². The van der Waals surface area contributed by atoms with Gasteiger partial charge in [0, 0.05) is 5.39 Å². The number of esters is 2. The van der Waals surface area contributed by atoms with Crippen LogP contribution in [0, 0.1) is 0 Å². The smallest absolute Gasteiger partial charge is 0.356 e. The molecule has 8 heteroatoms. The van der Waals surface area contributed by atoms with E-state index in [1.54, 1.807) is 36.4 Å². The van der Waals surface area contributed by atoms with Gasteiger partial charge in [-0.3, -0.25) is 0 Å². The minimum absolute atomic E-state index is 0.0256. The highest BCUT2D eigenvalue weighted by molar-refractivity contribution is 7.90. The van der Waals surface area contributed by atoms with Crippen LogP contribution in [0.25, 0.3) is 10.9 Å². The van der Waals surface area contributed by atoms with Gasteiger partial charge in [0.25, 0.3) is 10.0 Å². The Morgan fingerprint density at radius 3 is 2.04 bits per heavy atom. The summed E-state index contributed by atoms with van der Waals surface area (Å²) in [4.78, 5) is 24.7. The molecule has 1 heterocycles. The lowest BCUT2D eigenvalue weighted by molar-refractivity contribution is 0.0552. The van der Waals surface area contributed by atoms with Crippen LogP contribution in [0.5, 0.6) is 0 Å². The number of ether oxygens (including phenoxy) is 2. The van der Waals surface area contributed by atoms with Crippen LogP contribution in [0.4, 0.5) is 0 Å². The number of carbonyl (C=O) groups is 2. The number of methoxy groups -OCH3 is 2. The van der Waals surface area contributed by atoms with E-state index >= 15 is 0 Å². The molecule has 7 nitrogen and oxygen atoms in total. The summed E-state index contributed by atoms with van der Waals surface area (Å²) in [6.07, 6.45) is 0. The Bertz CT molecular complexity index is 1100. The number of fused-ring (bicyclic) bond motifs is 1. The number of para-hydroxylation sites is 1. The van der Waals surface area contributed by atoms with E-state index in [1.165, 1.54) is 18.2 Å². The molecule has 1 aromatic heterocycles. The SMILES string of the molecule is COC(=O)c1c(C(=O)OC)n(S(=O)(=O)c2ccccc2)c2ccccc12. The van der Waals surface area contributed by atoms with Crippen LogP contribution in [0.15, 0.2) is 59.5 Å². The van der Waals surface area contributed by atoms with Gasteiger partial charge in [0.05, 0.1) is 24.6 Å². The van der Waals surface area contributed by atoms with Gasteiger partial charge >= 0.3 is 11.9 Å². The molecule has 0 aliphatic rings. The quantitative estimate of drug-likeness (QED) is 0.653. The average Bonchev–Trinajstić information content (AvgIpc) is 3.03.